The van der Waals surface area contributed by atoms with E-state index in [1.165, 1.54) is 0 Å². The number of ether oxygens (including phenoxy) is 3. The van der Waals surface area contributed by atoms with Gasteiger partial charge in [-0.25, -0.2) is 4.79 Å². The Kier molecular flexibility index (Phi) is 8.31. The number of carbonyl (C=O) groups is 1. The Morgan fingerprint density at radius 1 is 1.19 bits per heavy atom. The van der Waals surface area contributed by atoms with E-state index in [4.69, 9.17) is 19.3 Å². The number of nitrogens with one attached hydrogen (secondary N) is 1. The van der Waals surface area contributed by atoms with E-state index in [1.807, 2.05) is 59.7 Å². The predicted molar refractivity (Wildman–Crippen MR) is 120 cm³/mol. The number of aliphatic hydroxyl groups is 1. The monoisotopic (exact) mass is 435 g/mol. The summed E-state index contributed by atoms with van der Waals surface area (Å²) >= 11 is 0. The van der Waals surface area contributed by atoms with Gasteiger partial charge in [-0.2, -0.15) is 5.10 Å². The van der Waals surface area contributed by atoms with Gasteiger partial charge in [-0.3, -0.25) is 4.68 Å². The first-order valence-electron chi connectivity index (χ1n) is 10.7. The highest BCUT2D eigenvalue weighted by Crippen LogP contribution is 2.29. The molecule has 8 nitrogen and oxygen atoms in total. The average Bonchev–Trinajstić information content (AvgIpc) is 3.00. The van der Waals surface area contributed by atoms with Crippen LogP contribution in [-0.4, -0.2) is 52.9 Å². The van der Waals surface area contributed by atoms with Gasteiger partial charge in [-0.1, -0.05) is 32.9 Å². The van der Waals surface area contributed by atoms with Crippen LogP contribution in [0.3, 0.4) is 0 Å². The molecule has 2 rings (SSSR count). The Bertz CT molecular complexity index is 864. The number of aromatic nitrogens is 2. The second kappa shape index (κ2) is 10.3. The lowest BCUT2D eigenvalue weighted by molar-refractivity contribution is 0.0451. The molecule has 0 aliphatic heterocycles. The van der Waals surface area contributed by atoms with Gasteiger partial charge in [-0.15, -0.1) is 0 Å². The molecule has 0 radical (unpaired) electrons. The smallest absolute Gasteiger partial charge is 0.407 e. The van der Waals surface area contributed by atoms with Gasteiger partial charge in [0.05, 0.1) is 31.5 Å². The number of carbonyl (C=O) groups excluding carboxylic acids is 1. The highest BCUT2D eigenvalue weighted by atomic mass is 16.6. The Hall–Kier alpha value is -2.32. The van der Waals surface area contributed by atoms with Crippen molar-refractivity contribution in [2.75, 3.05) is 20.3 Å². The van der Waals surface area contributed by atoms with Crippen molar-refractivity contribution in [3.05, 3.63) is 23.9 Å². The normalized spacial score (nSPS) is 13.3. The van der Waals surface area contributed by atoms with Crippen LogP contribution >= 0.6 is 0 Å². The fraction of sp³-hybridized carbons (Fsp3) is 0.652. The predicted octanol–water partition coefficient (Wildman–Crippen LogP) is 3.88. The van der Waals surface area contributed by atoms with Gasteiger partial charge in [0, 0.05) is 25.5 Å². The highest BCUT2D eigenvalue weighted by molar-refractivity contribution is 5.87. The van der Waals surface area contributed by atoms with E-state index in [0.29, 0.717) is 36.7 Å². The average molecular weight is 436 g/mol. The lowest BCUT2D eigenvalue weighted by Crippen LogP contribution is -2.48. The molecule has 2 aromatic rings. The van der Waals surface area contributed by atoms with Gasteiger partial charge >= 0.3 is 6.09 Å². The number of nitrogens with zero attached hydrogens (tertiary/aromatic N) is 2. The number of alkyl carbamates (subject to hydrolysis) is 1. The number of rotatable bonds is 9. The first-order valence-corrected chi connectivity index (χ1v) is 10.7. The first kappa shape index (κ1) is 24.9. The highest BCUT2D eigenvalue weighted by Gasteiger charge is 2.30. The van der Waals surface area contributed by atoms with Crippen LogP contribution in [0.1, 0.15) is 53.7 Å². The lowest BCUT2D eigenvalue weighted by Gasteiger charge is -2.32. The number of hydrogen-bond acceptors (Lipinski definition) is 6. The molecule has 0 fully saturated rings. The minimum absolute atomic E-state index is 0.174. The van der Waals surface area contributed by atoms with Crippen molar-refractivity contribution in [2.24, 2.45) is 5.41 Å². The van der Waals surface area contributed by atoms with E-state index in [2.05, 4.69) is 5.32 Å². The topological polar surface area (TPSA) is 94.8 Å². The lowest BCUT2D eigenvalue weighted by atomic mass is 9.86. The number of aliphatic hydroxyl groups excluding tert-OH is 1. The third-order valence-corrected chi connectivity index (χ3v) is 4.83. The number of amides is 1. The number of fused-ring (bicyclic) bond motifs is 1. The van der Waals surface area contributed by atoms with Crippen LogP contribution in [0.25, 0.3) is 10.9 Å². The quantitative estimate of drug-likeness (QED) is 0.581. The molecule has 1 aromatic carbocycles. The Labute approximate surface area is 184 Å². The second-order valence-corrected chi connectivity index (χ2v) is 9.70. The molecule has 8 heteroatoms. The van der Waals surface area contributed by atoms with Crippen LogP contribution in [0, 0.1) is 5.41 Å². The van der Waals surface area contributed by atoms with Crippen molar-refractivity contribution in [3.63, 3.8) is 0 Å². The number of methoxy groups -OCH3 is 1. The van der Waals surface area contributed by atoms with Crippen LogP contribution in [0.2, 0.25) is 0 Å². The van der Waals surface area contributed by atoms with E-state index in [9.17, 15) is 9.90 Å². The van der Waals surface area contributed by atoms with Crippen LogP contribution in [0.5, 0.6) is 5.75 Å². The third kappa shape index (κ3) is 7.11. The number of hydrogen-bond donors (Lipinski definition) is 2. The zero-order valence-corrected chi connectivity index (χ0v) is 19.8. The van der Waals surface area contributed by atoms with Gasteiger partial charge in [0.25, 0.3) is 0 Å². The molecule has 0 saturated carbocycles. The Morgan fingerprint density at radius 3 is 2.48 bits per heavy atom. The molecule has 0 bridgehead atoms. The summed E-state index contributed by atoms with van der Waals surface area (Å²) in [5.41, 5.74) is 0.519. The van der Waals surface area contributed by atoms with E-state index >= 15 is 0 Å². The van der Waals surface area contributed by atoms with Crippen LogP contribution in [-0.2, 0) is 22.6 Å². The molecule has 1 aromatic heterocycles. The minimum Gasteiger partial charge on any atom is -0.491 e. The summed E-state index contributed by atoms with van der Waals surface area (Å²) in [4.78, 5) is 12.4. The van der Waals surface area contributed by atoms with Gasteiger partial charge in [0.15, 0.2) is 0 Å². The number of benzene rings is 1. The molecule has 0 spiro atoms. The van der Waals surface area contributed by atoms with E-state index in [0.717, 1.165) is 11.8 Å². The van der Waals surface area contributed by atoms with Crippen LogP contribution < -0.4 is 10.1 Å². The summed E-state index contributed by atoms with van der Waals surface area (Å²) in [6.07, 6.45) is 0.295. The maximum absolute atomic E-state index is 12.4. The van der Waals surface area contributed by atoms with Crippen molar-refractivity contribution in [1.29, 1.82) is 0 Å². The molecular weight excluding hydrogens is 398 g/mol. The molecule has 1 amide bonds. The van der Waals surface area contributed by atoms with Crippen molar-refractivity contribution >= 4 is 17.0 Å². The van der Waals surface area contributed by atoms with Crippen LogP contribution in [0.4, 0.5) is 4.79 Å². The van der Waals surface area contributed by atoms with E-state index in [1.54, 1.807) is 11.8 Å². The first-order chi connectivity index (χ1) is 14.5. The molecule has 0 aliphatic carbocycles. The summed E-state index contributed by atoms with van der Waals surface area (Å²) in [6.45, 7) is 13.0. The van der Waals surface area contributed by atoms with Gasteiger partial charge in [0.2, 0.25) is 0 Å². The van der Waals surface area contributed by atoms with Crippen molar-refractivity contribution in [1.82, 2.24) is 15.1 Å². The summed E-state index contributed by atoms with van der Waals surface area (Å²) in [5.74, 6) is 0.662. The summed E-state index contributed by atoms with van der Waals surface area (Å²) in [5, 5.41) is 18.6. The molecule has 1 heterocycles. The zero-order chi connectivity index (χ0) is 23.2. The zero-order valence-electron chi connectivity index (χ0n) is 19.8. The molecule has 0 saturated heterocycles. The molecular formula is C23H37N3O5. The van der Waals surface area contributed by atoms with E-state index < -0.39 is 11.7 Å². The SMILES string of the molecule is COCCCOc1cccc2c(CO)n(C[C@H](NC(=O)OC(C)(C)C)C(C)(C)C)nc12. The summed E-state index contributed by atoms with van der Waals surface area (Å²) in [7, 11) is 1.66. The van der Waals surface area contributed by atoms with Gasteiger partial charge in [0.1, 0.15) is 16.9 Å². The maximum atomic E-state index is 12.4. The fourth-order valence-electron chi connectivity index (χ4n) is 3.16. The fourth-order valence-corrected chi connectivity index (χ4v) is 3.16. The molecule has 0 aliphatic rings. The van der Waals surface area contributed by atoms with Crippen LogP contribution in [0.15, 0.2) is 18.2 Å². The largest absolute Gasteiger partial charge is 0.491 e. The van der Waals surface area contributed by atoms with E-state index in [-0.39, 0.29) is 18.1 Å². The van der Waals surface area contributed by atoms with Crippen molar-refractivity contribution in [3.8, 4) is 5.75 Å². The molecule has 1 atom stereocenters. The third-order valence-electron chi connectivity index (χ3n) is 4.83. The Balaban J connectivity index is 2.31. The second-order valence-electron chi connectivity index (χ2n) is 9.70. The van der Waals surface area contributed by atoms with Gasteiger partial charge < -0.3 is 24.6 Å². The van der Waals surface area contributed by atoms with Crippen molar-refractivity contribution < 1.29 is 24.1 Å². The molecule has 2 N–H and O–H groups in total. The maximum Gasteiger partial charge on any atom is 0.407 e. The van der Waals surface area contributed by atoms with Gasteiger partial charge in [-0.05, 0) is 32.3 Å². The summed E-state index contributed by atoms with van der Waals surface area (Å²) in [6, 6.07) is 5.40. The Morgan fingerprint density at radius 2 is 1.90 bits per heavy atom. The molecule has 31 heavy (non-hydrogen) atoms. The summed E-state index contributed by atoms with van der Waals surface area (Å²) < 4.78 is 18.2. The van der Waals surface area contributed by atoms with Crippen molar-refractivity contribution in [2.45, 2.75) is 72.8 Å². The molecule has 174 valence electrons. The standard InChI is InChI=1S/C23H37N3O5/c1-22(2,3)19(24-21(28)31-23(4,5)6)14-26-17(15-27)16-10-8-11-18(20(16)25-26)30-13-9-12-29-7/h8,10-11,19,27H,9,12-15H2,1-7H3,(H,24,28)/t19-/m0/s1. The molecule has 0 unspecified atom stereocenters. The minimum atomic E-state index is -0.585.